The van der Waals surface area contributed by atoms with Gasteiger partial charge < -0.3 is 20.3 Å². The molecule has 2 aromatic rings. The number of aliphatic hydroxyl groups is 2. The number of carbonyl (C=O) groups excluding carboxylic acids is 1. The Labute approximate surface area is 213 Å². The Kier molecular flexibility index (Phi) is 7.73. The van der Waals surface area contributed by atoms with Crippen molar-refractivity contribution in [1.82, 2.24) is 0 Å². The molecule has 2 aromatic carbocycles. The highest BCUT2D eigenvalue weighted by Gasteiger charge is 2.55. The van der Waals surface area contributed by atoms with Crippen LogP contribution < -0.4 is 5.32 Å². The zero-order valence-corrected chi connectivity index (χ0v) is 21.2. The van der Waals surface area contributed by atoms with Crippen molar-refractivity contribution < 1.29 is 36.9 Å². The monoisotopic (exact) mass is 543 g/mol. The van der Waals surface area contributed by atoms with E-state index in [1.807, 2.05) is 0 Å². The first-order chi connectivity index (χ1) is 16.9. The third kappa shape index (κ3) is 5.28. The van der Waals surface area contributed by atoms with Crippen LogP contribution in [0.5, 0.6) is 0 Å². The summed E-state index contributed by atoms with van der Waals surface area (Å²) in [5.41, 5.74) is -1.15. The molecule has 2 bridgehead atoms. The molecule has 7 nitrogen and oxygen atoms in total. The molecule has 196 valence electrons. The van der Waals surface area contributed by atoms with Gasteiger partial charge in [-0.2, -0.15) is 0 Å². The average Bonchev–Trinajstić information content (AvgIpc) is 2.98. The second-order valence-corrected chi connectivity index (χ2v) is 12.3. The molecule has 0 aliphatic heterocycles. The molecule has 5 atom stereocenters. The van der Waals surface area contributed by atoms with Crippen molar-refractivity contribution in [2.75, 3.05) is 18.5 Å². The molecule has 1 amide bonds. The van der Waals surface area contributed by atoms with Gasteiger partial charge in [-0.1, -0.05) is 11.6 Å². The highest BCUT2D eigenvalue weighted by Crippen LogP contribution is 2.52. The molecule has 4 rings (SSSR count). The van der Waals surface area contributed by atoms with Crippen molar-refractivity contribution in [2.45, 2.75) is 54.5 Å². The first-order valence-corrected chi connectivity index (χ1v) is 13.6. The van der Waals surface area contributed by atoms with Crippen LogP contribution in [0.1, 0.15) is 43.0 Å². The summed E-state index contributed by atoms with van der Waals surface area (Å²) in [6.07, 6.45) is 1.09. The van der Waals surface area contributed by atoms with Crippen LogP contribution in [0.2, 0.25) is 5.02 Å². The van der Waals surface area contributed by atoms with E-state index in [1.165, 1.54) is 24.3 Å². The smallest absolute Gasteiger partial charge is 0.255 e. The molecule has 2 aliphatic rings. The van der Waals surface area contributed by atoms with E-state index in [0.29, 0.717) is 12.8 Å². The number of fused-ring (bicyclic) bond motifs is 2. The summed E-state index contributed by atoms with van der Waals surface area (Å²) in [6.45, 7) is 1.69. The molecule has 11 heteroatoms. The molecule has 2 fully saturated rings. The van der Waals surface area contributed by atoms with Crippen molar-refractivity contribution >= 4 is 33.0 Å². The Morgan fingerprint density at radius 2 is 1.83 bits per heavy atom. The lowest BCUT2D eigenvalue weighted by Crippen LogP contribution is -2.51. The fourth-order valence-corrected chi connectivity index (χ4v) is 7.71. The maximum absolute atomic E-state index is 13.6. The molecule has 0 aromatic heterocycles. The van der Waals surface area contributed by atoms with Gasteiger partial charge in [0.1, 0.15) is 0 Å². The minimum Gasteiger partial charge on any atom is -0.391 e. The van der Waals surface area contributed by atoms with Crippen LogP contribution in [0.25, 0.3) is 0 Å². The van der Waals surface area contributed by atoms with Gasteiger partial charge in [0.25, 0.3) is 5.91 Å². The first kappa shape index (κ1) is 26.9. The van der Waals surface area contributed by atoms with Gasteiger partial charge in [0.2, 0.25) is 0 Å². The molecular weight excluding hydrogens is 516 g/mol. The number of rotatable bonds is 8. The van der Waals surface area contributed by atoms with E-state index in [-0.39, 0.29) is 59.1 Å². The van der Waals surface area contributed by atoms with Gasteiger partial charge in [-0.05, 0) is 74.8 Å². The van der Waals surface area contributed by atoms with Crippen LogP contribution in [0.4, 0.5) is 14.5 Å². The van der Waals surface area contributed by atoms with E-state index in [0.717, 1.165) is 12.1 Å². The number of ether oxygens (including phenoxy) is 1. The Balaban J connectivity index is 1.53. The van der Waals surface area contributed by atoms with Gasteiger partial charge in [0.05, 0.1) is 40.1 Å². The molecule has 1 unspecified atom stereocenters. The molecule has 2 saturated carbocycles. The zero-order valence-electron chi connectivity index (χ0n) is 19.6. The summed E-state index contributed by atoms with van der Waals surface area (Å²) in [7, 11) is -3.96. The van der Waals surface area contributed by atoms with Crippen molar-refractivity contribution in [3.63, 3.8) is 0 Å². The number of benzene rings is 2. The van der Waals surface area contributed by atoms with E-state index in [9.17, 15) is 32.2 Å². The van der Waals surface area contributed by atoms with Gasteiger partial charge in [-0.3, -0.25) is 4.79 Å². The highest BCUT2D eigenvalue weighted by atomic mass is 35.5. The van der Waals surface area contributed by atoms with E-state index < -0.39 is 44.3 Å². The summed E-state index contributed by atoms with van der Waals surface area (Å²) in [6, 6.07) is 6.72. The van der Waals surface area contributed by atoms with Gasteiger partial charge >= 0.3 is 0 Å². The standard InChI is InChI=1S/C25H28ClF2NO6S/c1-14(30)12-35-13-25(32)16-3-4-17(25)10-19(9-16)36(33,34)23-8-15(2-6-20(23)26)24(31)29-18-5-7-21(27)22(28)11-18/h2,5-8,11,14,16-17,19,30,32H,3-4,9-10,12-13H2,1H3,(H,29,31)/t14-,16-,17?,19-,25-/m0/s1. The van der Waals surface area contributed by atoms with E-state index in [2.05, 4.69) is 5.32 Å². The number of carbonyl (C=O) groups is 1. The summed E-state index contributed by atoms with van der Waals surface area (Å²) in [4.78, 5) is 12.5. The molecule has 0 radical (unpaired) electrons. The third-order valence-electron chi connectivity index (χ3n) is 7.18. The SMILES string of the molecule is C[C@H](O)COC[C@@]1(O)C2CC[C@H]1C[C@H](S(=O)(=O)c1cc(C(=O)Nc3ccc(F)c(F)c3)ccc1Cl)C2. The molecule has 3 N–H and O–H groups in total. The van der Waals surface area contributed by atoms with Crippen LogP contribution in [0.15, 0.2) is 41.3 Å². The topological polar surface area (TPSA) is 113 Å². The first-order valence-electron chi connectivity index (χ1n) is 11.7. The number of halogens is 3. The Morgan fingerprint density at radius 1 is 1.17 bits per heavy atom. The minimum atomic E-state index is -3.96. The van der Waals surface area contributed by atoms with E-state index in [4.69, 9.17) is 16.3 Å². The number of nitrogens with one attached hydrogen (secondary N) is 1. The average molecular weight is 544 g/mol. The fraction of sp³-hybridized carbons (Fsp3) is 0.480. The normalized spacial score (nSPS) is 26.6. The van der Waals surface area contributed by atoms with Crippen molar-refractivity contribution in [2.24, 2.45) is 11.8 Å². The number of sulfone groups is 1. The fourth-order valence-electron chi connectivity index (χ4n) is 5.31. The van der Waals surface area contributed by atoms with Crippen LogP contribution in [-0.2, 0) is 14.6 Å². The molecule has 0 saturated heterocycles. The van der Waals surface area contributed by atoms with Crippen LogP contribution in [0, 0.1) is 23.5 Å². The summed E-state index contributed by atoms with van der Waals surface area (Å²) in [5.74, 6) is -3.47. The number of hydrogen-bond donors (Lipinski definition) is 3. The van der Waals surface area contributed by atoms with Gasteiger partial charge in [0.15, 0.2) is 21.5 Å². The van der Waals surface area contributed by atoms with Gasteiger partial charge in [-0.25, -0.2) is 17.2 Å². The van der Waals surface area contributed by atoms with Crippen LogP contribution >= 0.6 is 11.6 Å². The van der Waals surface area contributed by atoms with Crippen molar-refractivity contribution in [3.05, 3.63) is 58.6 Å². The molecule has 0 spiro atoms. The predicted molar refractivity (Wildman–Crippen MR) is 130 cm³/mol. The molecular formula is C25H28ClF2NO6S. The predicted octanol–water partition coefficient (Wildman–Crippen LogP) is 3.96. The Hall–Kier alpha value is -2.11. The van der Waals surface area contributed by atoms with Crippen LogP contribution in [0.3, 0.4) is 0 Å². The minimum absolute atomic E-state index is 0.00971. The molecule has 2 aliphatic carbocycles. The van der Waals surface area contributed by atoms with Gasteiger partial charge in [0, 0.05) is 17.3 Å². The maximum atomic E-state index is 13.6. The molecule has 0 heterocycles. The lowest BCUT2D eigenvalue weighted by Gasteiger charge is -2.42. The van der Waals surface area contributed by atoms with Crippen LogP contribution in [-0.4, -0.2) is 54.7 Å². The lowest BCUT2D eigenvalue weighted by atomic mass is 9.75. The summed E-state index contributed by atoms with van der Waals surface area (Å²) >= 11 is 6.25. The van der Waals surface area contributed by atoms with E-state index >= 15 is 0 Å². The van der Waals surface area contributed by atoms with E-state index in [1.54, 1.807) is 6.92 Å². The quantitative estimate of drug-likeness (QED) is 0.464. The molecule has 36 heavy (non-hydrogen) atoms. The van der Waals surface area contributed by atoms with Crippen molar-refractivity contribution in [3.8, 4) is 0 Å². The second-order valence-electron chi connectivity index (χ2n) is 9.69. The second kappa shape index (κ2) is 10.3. The number of hydrogen-bond acceptors (Lipinski definition) is 6. The van der Waals surface area contributed by atoms with Crippen molar-refractivity contribution in [1.29, 1.82) is 0 Å². The number of amides is 1. The van der Waals surface area contributed by atoms with Gasteiger partial charge in [-0.15, -0.1) is 0 Å². The third-order valence-corrected chi connectivity index (χ3v) is 9.84. The lowest BCUT2D eigenvalue weighted by molar-refractivity contribution is -0.121. The summed E-state index contributed by atoms with van der Waals surface area (Å²) in [5, 5.41) is 22.3. The Bertz CT molecular complexity index is 1240. The number of anilines is 1. The Morgan fingerprint density at radius 3 is 2.44 bits per heavy atom. The summed E-state index contributed by atoms with van der Waals surface area (Å²) < 4.78 is 59.3. The highest BCUT2D eigenvalue weighted by molar-refractivity contribution is 7.92. The maximum Gasteiger partial charge on any atom is 0.255 e. The largest absolute Gasteiger partial charge is 0.391 e. The zero-order chi connectivity index (χ0) is 26.3. The number of aliphatic hydroxyl groups excluding tert-OH is 1.